The number of carbonyl (C=O) groups is 2. The molecule has 0 unspecified atom stereocenters. The van der Waals surface area contributed by atoms with E-state index in [-0.39, 0.29) is 42.7 Å². The van der Waals surface area contributed by atoms with Gasteiger partial charge < -0.3 is 30.1 Å². The zero-order valence-electron chi connectivity index (χ0n) is 22.0. The third-order valence-corrected chi connectivity index (χ3v) is 6.21. The van der Waals surface area contributed by atoms with Crippen molar-refractivity contribution in [3.05, 3.63) is 53.2 Å². The number of aromatic nitrogens is 1. The number of ether oxygens (including phenoxy) is 1. The van der Waals surface area contributed by atoms with Crippen LogP contribution >= 0.6 is 0 Å². The van der Waals surface area contributed by atoms with Crippen molar-refractivity contribution >= 4 is 17.6 Å². The van der Waals surface area contributed by atoms with Crippen LogP contribution in [-0.2, 0) is 6.18 Å². The fourth-order valence-electron chi connectivity index (χ4n) is 3.89. The van der Waals surface area contributed by atoms with Crippen LogP contribution in [0.2, 0.25) is 0 Å². The number of anilines is 1. The van der Waals surface area contributed by atoms with Crippen molar-refractivity contribution in [1.82, 2.24) is 14.8 Å². The highest BCUT2D eigenvalue weighted by Gasteiger charge is 2.35. The topological polar surface area (TPSA) is 115 Å². The molecule has 9 nitrogen and oxygen atoms in total. The van der Waals surface area contributed by atoms with Gasteiger partial charge in [0.2, 0.25) is 5.88 Å². The maximum atomic E-state index is 13.4. The van der Waals surface area contributed by atoms with Crippen LogP contribution in [0.25, 0.3) is 0 Å². The average molecular weight is 549 g/mol. The lowest BCUT2D eigenvalue weighted by Gasteiger charge is -2.37. The normalized spacial score (nSPS) is 18.9. The third kappa shape index (κ3) is 7.61. The fourth-order valence-corrected chi connectivity index (χ4v) is 3.89. The number of likely N-dealkylation sites (N-methyl/N-ethyl adjacent to an activating group) is 1. The second-order valence-electron chi connectivity index (χ2n) is 9.53. The van der Waals surface area contributed by atoms with E-state index in [1.54, 1.807) is 6.92 Å². The summed E-state index contributed by atoms with van der Waals surface area (Å²) in [5, 5.41) is 21.8. The third-order valence-electron chi connectivity index (χ3n) is 6.21. The monoisotopic (exact) mass is 548 g/mol. The van der Waals surface area contributed by atoms with Gasteiger partial charge in [-0.2, -0.15) is 13.2 Å². The van der Waals surface area contributed by atoms with Gasteiger partial charge in [0.05, 0.1) is 24.8 Å². The number of rotatable bonds is 5. The second-order valence-corrected chi connectivity index (χ2v) is 9.53. The lowest BCUT2D eigenvalue weighted by atomic mass is 10.00. The minimum atomic E-state index is -4.48. The van der Waals surface area contributed by atoms with Crippen LogP contribution in [0.4, 0.5) is 23.7 Å². The number of carbonyl (C=O) groups excluding carboxylic acids is 2. The van der Waals surface area contributed by atoms with E-state index in [1.807, 2.05) is 6.92 Å². The number of hydrogen-bond donors (Lipinski definition) is 3. The summed E-state index contributed by atoms with van der Waals surface area (Å²) in [7, 11) is 1.51. The predicted molar refractivity (Wildman–Crippen MR) is 137 cm³/mol. The van der Waals surface area contributed by atoms with Crippen LogP contribution in [0.5, 0.6) is 5.88 Å². The van der Waals surface area contributed by atoms with E-state index in [1.165, 1.54) is 48.2 Å². The predicted octanol–water partition coefficient (Wildman–Crippen LogP) is 3.22. The molecule has 0 saturated heterocycles. The van der Waals surface area contributed by atoms with Crippen LogP contribution in [0.15, 0.2) is 36.5 Å². The van der Waals surface area contributed by atoms with E-state index >= 15 is 0 Å². The summed E-state index contributed by atoms with van der Waals surface area (Å²) < 4.78 is 44.6. The van der Waals surface area contributed by atoms with Gasteiger partial charge in [-0.3, -0.25) is 4.79 Å². The Hall–Kier alpha value is -3.82. The van der Waals surface area contributed by atoms with E-state index < -0.39 is 41.9 Å². The van der Waals surface area contributed by atoms with Crippen LogP contribution in [-0.4, -0.2) is 81.9 Å². The molecule has 4 atom stereocenters. The Kier molecular flexibility index (Phi) is 9.42. The summed E-state index contributed by atoms with van der Waals surface area (Å²) in [5.41, 5.74) is -0.117. The zero-order valence-corrected chi connectivity index (χ0v) is 22.0. The van der Waals surface area contributed by atoms with Crippen molar-refractivity contribution in [2.75, 3.05) is 32.1 Å². The summed E-state index contributed by atoms with van der Waals surface area (Å²) in [6.45, 7) is 5.05. The van der Waals surface area contributed by atoms with Gasteiger partial charge in [-0.15, -0.1) is 0 Å². The first-order valence-corrected chi connectivity index (χ1v) is 12.3. The molecule has 210 valence electrons. The lowest BCUT2D eigenvalue weighted by molar-refractivity contribution is -0.137. The van der Waals surface area contributed by atoms with Crippen molar-refractivity contribution in [3.8, 4) is 17.7 Å². The molecule has 1 aliphatic rings. The standard InChI is InChI=1S/C27H31F3N4O5/c1-16-13-34(17(2)15-35)25(37)22-11-19(6-5-18(3)36)12-31-24(22)39-23(16)14-33(4)26(38)32-21-9-7-20(8-10-21)27(28,29)30/h7-12,16-18,23,35-36H,13-15H2,1-4H3,(H,32,38)/t16-,17+,18-,23-/m0/s1. The van der Waals surface area contributed by atoms with E-state index in [9.17, 15) is 33.0 Å². The van der Waals surface area contributed by atoms with Gasteiger partial charge in [-0.1, -0.05) is 18.8 Å². The van der Waals surface area contributed by atoms with Crippen molar-refractivity contribution in [2.45, 2.75) is 45.2 Å². The molecule has 0 bridgehead atoms. The first-order chi connectivity index (χ1) is 18.3. The van der Waals surface area contributed by atoms with Crippen LogP contribution in [0, 0.1) is 17.8 Å². The average Bonchev–Trinajstić information content (AvgIpc) is 2.88. The maximum absolute atomic E-state index is 13.4. The molecule has 1 aliphatic heterocycles. The maximum Gasteiger partial charge on any atom is 0.416 e. The molecule has 2 aromatic rings. The van der Waals surface area contributed by atoms with E-state index in [2.05, 4.69) is 22.1 Å². The highest BCUT2D eigenvalue weighted by molar-refractivity contribution is 5.97. The number of hydrogen-bond acceptors (Lipinski definition) is 6. The van der Waals surface area contributed by atoms with Crippen molar-refractivity contribution < 1.29 is 37.7 Å². The van der Waals surface area contributed by atoms with Gasteiger partial charge in [-0.05, 0) is 44.2 Å². The van der Waals surface area contributed by atoms with Gasteiger partial charge in [0.1, 0.15) is 17.8 Å². The van der Waals surface area contributed by atoms with E-state index in [4.69, 9.17) is 4.74 Å². The van der Waals surface area contributed by atoms with E-state index in [0.717, 1.165) is 12.1 Å². The molecule has 2 heterocycles. The number of amides is 3. The Morgan fingerprint density at radius 1 is 1.31 bits per heavy atom. The Balaban J connectivity index is 1.84. The molecule has 39 heavy (non-hydrogen) atoms. The first-order valence-electron chi connectivity index (χ1n) is 12.3. The number of nitrogens with one attached hydrogen (secondary N) is 1. The van der Waals surface area contributed by atoms with Crippen LogP contribution in [0.1, 0.15) is 42.3 Å². The minimum Gasteiger partial charge on any atom is -0.472 e. The molecule has 0 spiro atoms. The van der Waals surface area contributed by atoms with Gasteiger partial charge in [0.15, 0.2) is 0 Å². The molecule has 0 radical (unpaired) electrons. The van der Waals surface area contributed by atoms with Gasteiger partial charge in [-0.25, -0.2) is 9.78 Å². The summed E-state index contributed by atoms with van der Waals surface area (Å²) in [4.78, 5) is 33.3. The molecular formula is C27H31F3N4O5. The number of pyridine rings is 1. The van der Waals surface area contributed by atoms with Gasteiger partial charge in [0.25, 0.3) is 5.91 Å². The smallest absolute Gasteiger partial charge is 0.416 e. The second kappa shape index (κ2) is 12.4. The quantitative estimate of drug-likeness (QED) is 0.495. The Bertz CT molecular complexity index is 1240. The molecule has 3 N–H and O–H groups in total. The number of halogens is 3. The summed E-state index contributed by atoms with van der Waals surface area (Å²) in [5.74, 6) is 4.68. The summed E-state index contributed by atoms with van der Waals surface area (Å²) >= 11 is 0. The number of benzene rings is 1. The number of alkyl halides is 3. The summed E-state index contributed by atoms with van der Waals surface area (Å²) in [6.07, 6.45) is -4.58. The molecule has 3 rings (SSSR count). The highest BCUT2D eigenvalue weighted by atomic mass is 19.4. The number of fused-ring (bicyclic) bond motifs is 1. The zero-order chi connectivity index (χ0) is 28.9. The van der Waals surface area contributed by atoms with Crippen LogP contribution < -0.4 is 10.1 Å². The van der Waals surface area contributed by atoms with Gasteiger partial charge >= 0.3 is 12.2 Å². The fraction of sp³-hybridized carbons (Fsp3) is 0.444. The summed E-state index contributed by atoms with van der Waals surface area (Å²) in [6, 6.07) is 4.52. The molecule has 1 aromatic carbocycles. The van der Waals surface area contributed by atoms with Crippen molar-refractivity contribution in [3.63, 3.8) is 0 Å². The Labute approximate surface area is 224 Å². The van der Waals surface area contributed by atoms with E-state index in [0.29, 0.717) is 5.56 Å². The number of aliphatic hydroxyl groups excluding tert-OH is 2. The molecule has 0 saturated carbocycles. The lowest BCUT2D eigenvalue weighted by Crippen LogP contribution is -2.50. The highest BCUT2D eigenvalue weighted by Crippen LogP contribution is 2.30. The largest absolute Gasteiger partial charge is 0.472 e. The molecular weight excluding hydrogens is 517 g/mol. The molecule has 0 aliphatic carbocycles. The Morgan fingerprint density at radius 2 is 1.97 bits per heavy atom. The Morgan fingerprint density at radius 3 is 2.56 bits per heavy atom. The molecule has 3 amide bonds. The minimum absolute atomic E-state index is 0.0332. The molecule has 12 heteroatoms. The number of urea groups is 1. The number of aliphatic hydroxyl groups is 2. The van der Waals surface area contributed by atoms with Gasteiger partial charge in [0, 0.05) is 37.0 Å². The SMILES string of the molecule is C[C@H](O)C#Cc1cnc2c(c1)C(=O)N([C@H](C)CO)C[C@H](C)[C@H](CN(C)C(=O)Nc1ccc(C(F)(F)F)cc1)O2. The van der Waals surface area contributed by atoms with Crippen LogP contribution in [0.3, 0.4) is 0 Å². The number of nitrogens with zero attached hydrogens (tertiary/aromatic N) is 3. The van der Waals surface area contributed by atoms with Crippen molar-refractivity contribution in [1.29, 1.82) is 0 Å². The molecule has 0 fully saturated rings. The molecule has 1 aromatic heterocycles. The first kappa shape index (κ1) is 29.7. The van der Waals surface area contributed by atoms with Crippen molar-refractivity contribution in [2.24, 2.45) is 5.92 Å².